The van der Waals surface area contributed by atoms with Gasteiger partial charge in [-0.1, -0.05) is 35.6 Å². The molecule has 0 aliphatic rings. The summed E-state index contributed by atoms with van der Waals surface area (Å²) in [5.74, 6) is -0.297. The summed E-state index contributed by atoms with van der Waals surface area (Å²) in [6.07, 6.45) is 4.72. The van der Waals surface area contributed by atoms with Gasteiger partial charge in [0.1, 0.15) is 0 Å². The van der Waals surface area contributed by atoms with Crippen LogP contribution in [0.15, 0.2) is 97.1 Å². The zero-order chi connectivity index (χ0) is 25.7. The van der Waals surface area contributed by atoms with Gasteiger partial charge in [-0.05, 0) is 61.0 Å². The van der Waals surface area contributed by atoms with E-state index in [9.17, 15) is 13.2 Å². The molecule has 1 amide bonds. The Balaban J connectivity index is 1.68. The van der Waals surface area contributed by atoms with Gasteiger partial charge in [-0.2, -0.15) is 4.31 Å². The van der Waals surface area contributed by atoms with E-state index in [1.165, 1.54) is 52.1 Å². The second-order valence-corrected chi connectivity index (χ2v) is 11.1. The molecule has 2 heterocycles. The molecule has 2 aromatic carbocycles. The van der Waals surface area contributed by atoms with Crippen LogP contribution in [0.3, 0.4) is 0 Å². The molecule has 4 rings (SSSR count). The van der Waals surface area contributed by atoms with Crippen molar-refractivity contribution < 1.29 is 13.2 Å². The van der Waals surface area contributed by atoms with E-state index in [4.69, 9.17) is 4.98 Å². The van der Waals surface area contributed by atoms with Crippen LogP contribution in [-0.4, -0.2) is 41.7 Å². The Labute approximate surface area is 215 Å². The number of carbonyl (C=O) groups is 1. The second-order valence-electron chi connectivity index (χ2n) is 8.10. The number of anilines is 1. The normalized spacial score (nSPS) is 11.5. The van der Waals surface area contributed by atoms with Crippen molar-refractivity contribution in [3.05, 3.63) is 109 Å². The van der Waals surface area contributed by atoms with Gasteiger partial charge in [0.25, 0.3) is 5.91 Å². The molecule has 0 aliphatic carbocycles. The number of nitrogens with zero attached hydrogens (tertiary/aromatic N) is 4. The van der Waals surface area contributed by atoms with Crippen molar-refractivity contribution in [1.82, 2.24) is 14.3 Å². The number of carbonyl (C=O) groups excluding carboxylic acids is 1. The van der Waals surface area contributed by atoms with Crippen molar-refractivity contribution in [2.45, 2.75) is 18.4 Å². The molecule has 9 heteroatoms. The van der Waals surface area contributed by atoms with Gasteiger partial charge in [-0.3, -0.25) is 14.7 Å². The fourth-order valence-corrected chi connectivity index (χ4v) is 6.09. The molecule has 184 valence electrons. The summed E-state index contributed by atoms with van der Waals surface area (Å²) < 4.78 is 28.3. The number of pyridine rings is 1. The summed E-state index contributed by atoms with van der Waals surface area (Å²) in [6.45, 7) is 9.81. The number of hydrogen-bond acceptors (Lipinski definition) is 6. The summed E-state index contributed by atoms with van der Waals surface area (Å²) in [6, 6.07) is 17.4. The van der Waals surface area contributed by atoms with Crippen molar-refractivity contribution in [2.24, 2.45) is 0 Å². The van der Waals surface area contributed by atoms with Gasteiger partial charge < -0.3 is 0 Å². The van der Waals surface area contributed by atoms with Crippen LogP contribution >= 0.6 is 11.3 Å². The molecule has 0 spiro atoms. The minimum absolute atomic E-state index is 0.0921. The first-order chi connectivity index (χ1) is 17.3. The highest BCUT2D eigenvalue weighted by Crippen LogP contribution is 2.31. The topological polar surface area (TPSA) is 83.5 Å². The number of aryl methyl sites for hydroxylation is 1. The molecule has 0 N–H and O–H groups in total. The lowest BCUT2D eigenvalue weighted by molar-refractivity contribution is 0.0984. The molecule has 0 atom stereocenters. The predicted molar refractivity (Wildman–Crippen MR) is 145 cm³/mol. The van der Waals surface area contributed by atoms with Crippen LogP contribution in [0, 0.1) is 6.92 Å². The van der Waals surface area contributed by atoms with E-state index in [1.54, 1.807) is 11.1 Å². The van der Waals surface area contributed by atoms with Gasteiger partial charge in [0.05, 0.1) is 27.4 Å². The Morgan fingerprint density at radius 3 is 2.39 bits per heavy atom. The predicted octanol–water partition coefficient (Wildman–Crippen LogP) is 5.21. The Hall–Kier alpha value is -3.66. The molecule has 0 radical (unpaired) electrons. The lowest BCUT2D eigenvalue weighted by Crippen LogP contribution is -2.32. The molecule has 7 nitrogen and oxygen atoms in total. The lowest BCUT2D eigenvalue weighted by atomic mass is 10.2. The third kappa shape index (κ3) is 5.43. The monoisotopic (exact) mass is 518 g/mol. The Morgan fingerprint density at radius 2 is 1.75 bits per heavy atom. The number of hydrogen-bond donors (Lipinski definition) is 0. The van der Waals surface area contributed by atoms with E-state index in [-0.39, 0.29) is 30.4 Å². The van der Waals surface area contributed by atoms with Gasteiger partial charge in [0.2, 0.25) is 10.0 Å². The molecule has 0 saturated carbocycles. The van der Waals surface area contributed by atoms with Crippen LogP contribution in [0.2, 0.25) is 0 Å². The molecule has 2 aromatic heterocycles. The fourth-order valence-electron chi connectivity index (χ4n) is 3.65. The maximum atomic E-state index is 13.7. The summed E-state index contributed by atoms with van der Waals surface area (Å²) in [4.78, 5) is 24.4. The van der Waals surface area contributed by atoms with Gasteiger partial charge >= 0.3 is 0 Å². The number of aromatic nitrogens is 2. The third-order valence-corrected chi connectivity index (χ3v) is 8.35. The summed E-state index contributed by atoms with van der Waals surface area (Å²) in [5, 5.41) is 0.547. The molecule has 0 fully saturated rings. The highest BCUT2D eigenvalue weighted by molar-refractivity contribution is 7.89. The maximum absolute atomic E-state index is 13.7. The molecule has 36 heavy (non-hydrogen) atoms. The second kappa shape index (κ2) is 10.9. The number of fused-ring (bicyclic) bond motifs is 1. The van der Waals surface area contributed by atoms with E-state index < -0.39 is 10.0 Å². The summed E-state index contributed by atoms with van der Waals surface area (Å²) in [7, 11) is -3.76. The smallest absolute Gasteiger partial charge is 0.260 e. The number of amides is 1. The van der Waals surface area contributed by atoms with E-state index >= 15 is 0 Å². The minimum Gasteiger partial charge on any atom is -0.278 e. The van der Waals surface area contributed by atoms with E-state index in [0.717, 1.165) is 15.8 Å². The van der Waals surface area contributed by atoms with Gasteiger partial charge in [0, 0.05) is 24.8 Å². The van der Waals surface area contributed by atoms with E-state index in [1.807, 2.05) is 43.3 Å². The Bertz CT molecular complexity index is 1490. The first-order valence-corrected chi connectivity index (χ1v) is 13.5. The largest absolute Gasteiger partial charge is 0.278 e. The van der Waals surface area contributed by atoms with Crippen molar-refractivity contribution in [2.75, 3.05) is 18.0 Å². The number of sulfonamides is 1. The average molecular weight is 519 g/mol. The summed E-state index contributed by atoms with van der Waals surface area (Å²) in [5.41, 5.74) is 2.98. The Kier molecular flexibility index (Phi) is 7.73. The SMILES string of the molecule is C=CCN(CC=C)S(=O)(=O)c1ccc(C(=O)N(Cc2ccccn2)c2nc3ccc(C)cc3s2)cc1. The zero-order valence-electron chi connectivity index (χ0n) is 19.9. The van der Waals surface area contributed by atoms with Crippen LogP contribution in [0.25, 0.3) is 10.2 Å². The third-order valence-electron chi connectivity index (χ3n) is 5.46. The summed E-state index contributed by atoms with van der Waals surface area (Å²) >= 11 is 1.43. The molecule has 4 aromatic rings. The van der Waals surface area contributed by atoms with E-state index in [0.29, 0.717) is 16.4 Å². The maximum Gasteiger partial charge on any atom is 0.260 e. The standard InChI is InChI=1S/C27H26N4O3S2/c1-4-16-30(17-5-2)36(33,34)23-12-10-21(11-13-23)26(32)31(19-22-8-6-7-15-28-22)27-29-24-14-9-20(3)18-25(24)35-27/h4-15,18H,1-2,16-17,19H2,3H3. The van der Waals surface area contributed by atoms with Crippen LogP contribution in [0.5, 0.6) is 0 Å². The molecular weight excluding hydrogens is 492 g/mol. The minimum atomic E-state index is -3.76. The highest BCUT2D eigenvalue weighted by Gasteiger charge is 2.25. The molecular formula is C27H26N4O3S2. The first kappa shape index (κ1) is 25.4. The number of rotatable bonds is 10. The van der Waals surface area contributed by atoms with Crippen LogP contribution < -0.4 is 4.90 Å². The van der Waals surface area contributed by atoms with Crippen molar-refractivity contribution in [1.29, 1.82) is 0 Å². The number of benzene rings is 2. The van der Waals surface area contributed by atoms with Crippen LogP contribution in [-0.2, 0) is 16.6 Å². The van der Waals surface area contributed by atoms with Gasteiger partial charge in [-0.15, -0.1) is 13.2 Å². The molecule has 0 bridgehead atoms. The Morgan fingerprint density at radius 1 is 1.03 bits per heavy atom. The van der Waals surface area contributed by atoms with Crippen LogP contribution in [0.1, 0.15) is 21.6 Å². The molecule has 0 aliphatic heterocycles. The van der Waals surface area contributed by atoms with E-state index in [2.05, 4.69) is 18.1 Å². The zero-order valence-corrected chi connectivity index (χ0v) is 21.5. The quantitative estimate of drug-likeness (QED) is 0.269. The average Bonchev–Trinajstić information content (AvgIpc) is 3.30. The molecule has 0 saturated heterocycles. The van der Waals surface area contributed by atoms with Gasteiger partial charge in [-0.25, -0.2) is 13.4 Å². The fraction of sp³-hybridized carbons (Fsp3) is 0.148. The van der Waals surface area contributed by atoms with Crippen LogP contribution in [0.4, 0.5) is 5.13 Å². The lowest BCUT2D eigenvalue weighted by Gasteiger charge is -2.21. The van der Waals surface area contributed by atoms with Crippen molar-refractivity contribution in [3.8, 4) is 0 Å². The first-order valence-electron chi connectivity index (χ1n) is 11.2. The molecule has 0 unspecified atom stereocenters. The van der Waals surface area contributed by atoms with Crippen molar-refractivity contribution >= 4 is 42.6 Å². The highest BCUT2D eigenvalue weighted by atomic mass is 32.2. The number of thiazole rings is 1. The van der Waals surface area contributed by atoms with Gasteiger partial charge in [0.15, 0.2) is 5.13 Å². The van der Waals surface area contributed by atoms with Crippen molar-refractivity contribution in [3.63, 3.8) is 0 Å².